The second-order valence-corrected chi connectivity index (χ2v) is 10.6. The van der Waals surface area contributed by atoms with Gasteiger partial charge in [-0.2, -0.15) is 0 Å². The number of halogens is 2. The third-order valence-electron chi connectivity index (χ3n) is 6.16. The van der Waals surface area contributed by atoms with Crippen molar-refractivity contribution < 1.29 is 28.6 Å². The standard InChI is InChI=1S/C25H28BrFN4O5S/c1-3-35-25(34)20-19(13-31-7-8-36-16(12-31)10-14(2)24(32)33)29-22(23-28-6-9-37-23)30-21(20)17-5-4-15(27)11-18(17)26/h4-6,9,11,14,16,21H,3,7-8,10,12-13H2,1-2H3,(H,29,30)(H,32,33)/t14?,16-,21-/m0/s1. The minimum Gasteiger partial charge on any atom is -0.481 e. The highest BCUT2D eigenvalue weighted by molar-refractivity contribution is 9.10. The van der Waals surface area contributed by atoms with Crippen molar-refractivity contribution in [2.75, 3.05) is 32.8 Å². The van der Waals surface area contributed by atoms with Gasteiger partial charge in [0.05, 0.1) is 30.8 Å². The van der Waals surface area contributed by atoms with Gasteiger partial charge in [-0.05, 0) is 31.0 Å². The maximum atomic E-state index is 13.9. The first kappa shape index (κ1) is 27.4. The zero-order valence-corrected chi connectivity index (χ0v) is 22.8. The van der Waals surface area contributed by atoms with Crippen molar-refractivity contribution in [3.05, 3.63) is 61.9 Å². The van der Waals surface area contributed by atoms with Crippen LogP contribution in [0.25, 0.3) is 0 Å². The van der Waals surface area contributed by atoms with Crippen molar-refractivity contribution >= 4 is 45.0 Å². The molecule has 0 radical (unpaired) electrons. The zero-order valence-electron chi connectivity index (χ0n) is 20.4. The largest absolute Gasteiger partial charge is 0.481 e. The molecule has 3 atom stereocenters. The smallest absolute Gasteiger partial charge is 0.338 e. The number of thiazole rings is 1. The van der Waals surface area contributed by atoms with Gasteiger partial charge in [0.25, 0.3) is 0 Å². The van der Waals surface area contributed by atoms with Crippen molar-refractivity contribution in [3.8, 4) is 0 Å². The number of hydrogen-bond donors (Lipinski definition) is 2. The van der Waals surface area contributed by atoms with Crippen LogP contribution in [0.3, 0.4) is 0 Å². The molecular weight excluding hydrogens is 567 g/mol. The van der Waals surface area contributed by atoms with Crippen LogP contribution in [0.2, 0.25) is 0 Å². The number of carbonyl (C=O) groups excluding carboxylic acids is 1. The maximum absolute atomic E-state index is 13.9. The molecule has 9 nitrogen and oxygen atoms in total. The normalized spacial score (nSPS) is 21.2. The van der Waals surface area contributed by atoms with Crippen molar-refractivity contribution in [2.45, 2.75) is 32.4 Å². The molecule has 1 fully saturated rings. The van der Waals surface area contributed by atoms with Gasteiger partial charge in [-0.1, -0.05) is 28.9 Å². The Morgan fingerprint density at radius 1 is 1.43 bits per heavy atom. The predicted octanol–water partition coefficient (Wildman–Crippen LogP) is 3.76. The molecule has 1 aromatic carbocycles. The number of nitrogens with zero attached hydrogens (tertiary/aromatic N) is 3. The van der Waals surface area contributed by atoms with E-state index in [0.29, 0.717) is 64.8 Å². The van der Waals surface area contributed by atoms with E-state index >= 15 is 0 Å². The lowest BCUT2D eigenvalue weighted by atomic mass is 9.95. The molecule has 0 amide bonds. The zero-order chi connectivity index (χ0) is 26.5. The summed E-state index contributed by atoms with van der Waals surface area (Å²) in [5.41, 5.74) is 1.55. The number of rotatable bonds is 9. The Balaban J connectivity index is 1.71. The van der Waals surface area contributed by atoms with Crippen molar-refractivity contribution in [3.63, 3.8) is 0 Å². The molecule has 0 spiro atoms. The number of hydrogen-bond acceptors (Lipinski definition) is 9. The van der Waals surface area contributed by atoms with E-state index in [9.17, 15) is 19.1 Å². The quantitative estimate of drug-likeness (QED) is 0.422. The van der Waals surface area contributed by atoms with Crippen LogP contribution >= 0.6 is 27.3 Å². The van der Waals surface area contributed by atoms with E-state index in [-0.39, 0.29) is 12.7 Å². The Hall–Kier alpha value is -2.67. The first-order valence-corrected chi connectivity index (χ1v) is 13.6. The van der Waals surface area contributed by atoms with Crippen LogP contribution in [0.15, 0.2) is 50.5 Å². The van der Waals surface area contributed by atoms with Crippen LogP contribution in [0, 0.1) is 11.7 Å². The van der Waals surface area contributed by atoms with E-state index in [4.69, 9.17) is 14.5 Å². The number of nitrogens with one attached hydrogen (secondary N) is 1. The molecule has 4 rings (SSSR count). The highest BCUT2D eigenvalue weighted by Crippen LogP contribution is 2.37. The van der Waals surface area contributed by atoms with Crippen molar-refractivity contribution in [1.29, 1.82) is 0 Å². The number of carboxylic acid groups (broad SMARTS) is 1. The SMILES string of the molecule is CCOC(=O)C1=C(CN2CCO[C@@H](CC(C)C(=O)O)C2)NC(c2nccs2)=N[C@H]1c1ccc(F)cc1Br. The molecular formula is C25H28BrFN4O5S. The second-order valence-electron chi connectivity index (χ2n) is 8.82. The number of aromatic nitrogens is 1. The third kappa shape index (κ3) is 6.61. The summed E-state index contributed by atoms with van der Waals surface area (Å²) in [6, 6.07) is 3.52. The van der Waals surface area contributed by atoms with Crippen LogP contribution in [0.5, 0.6) is 0 Å². The Labute approximate surface area is 226 Å². The first-order valence-electron chi connectivity index (χ1n) is 11.9. The van der Waals surface area contributed by atoms with Crippen LogP contribution in [0.4, 0.5) is 4.39 Å². The van der Waals surface area contributed by atoms with Crippen molar-refractivity contribution in [1.82, 2.24) is 15.2 Å². The van der Waals surface area contributed by atoms with Gasteiger partial charge in [0.1, 0.15) is 11.9 Å². The molecule has 3 heterocycles. The topological polar surface area (TPSA) is 113 Å². The Bertz CT molecular complexity index is 1210. The van der Waals surface area contributed by atoms with Gasteiger partial charge in [-0.3, -0.25) is 14.7 Å². The molecule has 2 aliphatic heterocycles. The minimum absolute atomic E-state index is 0.183. The van der Waals surface area contributed by atoms with E-state index in [2.05, 4.69) is 31.1 Å². The van der Waals surface area contributed by atoms with Gasteiger partial charge in [-0.15, -0.1) is 11.3 Å². The lowest BCUT2D eigenvalue weighted by molar-refractivity contribution is -0.143. The second kappa shape index (κ2) is 12.2. The number of carboxylic acids is 1. The molecule has 2 aliphatic rings. The van der Waals surface area contributed by atoms with Gasteiger partial charge in [0.2, 0.25) is 0 Å². The van der Waals surface area contributed by atoms with Gasteiger partial charge in [0, 0.05) is 41.4 Å². The van der Waals surface area contributed by atoms with Gasteiger partial charge in [-0.25, -0.2) is 14.2 Å². The average molecular weight is 595 g/mol. The number of amidine groups is 1. The van der Waals surface area contributed by atoms with E-state index in [1.165, 1.54) is 23.5 Å². The number of benzene rings is 1. The van der Waals surface area contributed by atoms with Gasteiger partial charge < -0.3 is 19.9 Å². The summed E-state index contributed by atoms with van der Waals surface area (Å²) >= 11 is 4.84. The first-order chi connectivity index (χ1) is 17.8. The lowest BCUT2D eigenvalue weighted by Crippen LogP contribution is -2.47. The number of aliphatic imine (C=N–C) groups is 1. The number of carbonyl (C=O) groups is 2. The van der Waals surface area contributed by atoms with Crippen LogP contribution < -0.4 is 5.32 Å². The summed E-state index contributed by atoms with van der Waals surface area (Å²) in [4.78, 5) is 35.9. The molecule has 1 saturated heterocycles. The molecule has 2 N–H and O–H groups in total. The minimum atomic E-state index is -0.862. The molecule has 0 bridgehead atoms. The van der Waals surface area contributed by atoms with Gasteiger partial charge >= 0.3 is 11.9 Å². The van der Waals surface area contributed by atoms with E-state index in [1.807, 2.05) is 5.38 Å². The average Bonchev–Trinajstić information content (AvgIpc) is 3.39. The maximum Gasteiger partial charge on any atom is 0.338 e. The molecule has 1 unspecified atom stereocenters. The fourth-order valence-corrected chi connectivity index (χ4v) is 5.51. The van der Waals surface area contributed by atoms with Crippen molar-refractivity contribution in [2.24, 2.45) is 10.9 Å². The molecule has 198 valence electrons. The van der Waals surface area contributed by atoms with E-state index in [0.717, 1.165) is 0 Å². The number of ether oxygens (including phenoxy) is 2. The van der Waals surface area contributed by atoms with Gasteiger partial charge in [0.15, 0.2) is 10.8 Å². The lowest BCUT2D eigenvalue weighted by Gasteiger charge is -2.36. The summed E-state index contributed by atoms with van der Waals surface area (Å²) in [6.45, 7) is 5.49. The molecule has 37 heavy (non-hydrogen) atoms. The Kier molecular flexibility index (Phi) is 9.06. The third-order valence-corrected chi connectivity index (χ3v) is 7.62. The monoisotopic (exact) mass is 594 g/mol. The molecule has 2 aromatic rings. The molecule has 0 saturated carbocycles. The summed E-state index contributed by atoms with van der Waals surface area (Å²) in [5.74, 6) is -1.82. The Morgan fingerprint density at radius 2 is 2.24 bits per heavy atom. The fourth-order valence-electron chi connectivity index (χ4n) is 4.35. The van der Waals surface area contributed by atoms with Crippen LogP contribution in [0.1, 0.15) is 36.9 Å². The summed E-state index contributed by atoms with van der Waals surface area (Å²) in [6.07, 6.45) is 1.82. The van der Waals surface area contributed by atoms with Crippen LogP contribution in [-0.2, 0) is 19.1 Å². The highest BCUT2D eigenvalue weighted by atomic mass is 79.9. The predicted molar refractivity (Wildman–Crippen MR) is 140 cm³/mol. The summed E-state index contributed by atoms with van der Waals surface area (Å²) in [7, 11) is 0. The van der Waals surface area contributed by atoms with Crippen LogP contribution in [-0.4, -0.2) is 71.7 Å². The Morgan fingerprint density at radius 3 is 2.92 bits per heavy atom. The van der Waals surface area contributed by atoms with E-state index < -0.39 is 29.7 Å². The van der Waals surface area contributed by atoms with E-state index in [1.54, 1.807) is 26.1 Å². The highest BCUT2D eigenvalue weighted by Gasteiger charge is 2.35. The molecule has 0 aliphatic carbocycles. The summed E-state index contributed by atoms with van der Waals surface area (Å²) in [5, 5.41) is 15.1. The summed E-state index contributed by atoms with van der Waals surface area (Å²) < 4.78 is 25.6. The fraction of sp³-hybridized carbons (Fsp3) is 0.440. The number of aliphatic carboxylic acids is 1. The molecule has 12 heteroatoms. The number of esters is 1. The number of morpholine rings is 1. The molecule has 1 aromatic heterocycles.